The molecule has 0 aliphatic heterocycles. The summed E-state index contributed by atoms with van der Waals surface area (Å²) in [5.74, 6) is -0.246. The Morgan fingerprint density at radius 2 is 2.29 bits per heavy atom. The Bertz CT molecular complexity index is 466. The van der Waals surface area contributed by atoms with E-state index in [1.807, 2.05) is 13.1 Å². The zero-order valence-electron chi connectivity index (χ0n) is 9.24. The van der Waals surface area contributed by atoms with E-state index in [0.29, 0.717) is 6.42 Å². The molecule has 1 aromatic carbocycles. The molecule has 1 unspecified atom stereocenters. The Labute approximate surface area is 107 Å². The molecule has 17 heavy (non-hydrogen) atoms. The molecule has 2 N–H and O–H groups in total. The maximum absolute atomic E-state index is 13.2. The van der Waals surface area contributed by atoms with Gasteiger partial charge in [-0.15, -0.1) is 0 Å². The fourth-order valence-electron chi connectivity index (χ4n) is 1.70. The number of rotatable bonds is 4. The molecule has 0 aliphatic carbocycles. The summed E-state index contributed by atoms with van der Waals surface area (Å²) in [5.41, 5.74) is 1.71. The molecule has 0 radical (unpaired) electrons. The van der Waals surface area contributed by atoms with Crippen molar-refractivity contribution in [3.8, 4) is 0 Å². The lowest BCUT2D eigenvalue weighted by atomic mass is 10.0. The van der Waals surface area contributed by atoms with E-state index in [0.717, 1.165) is 15.7 Å². The van der Waals surface area contributed by atoms with Crippen molar-refractivity contribution in [1.29, 1.82) is 0 Å². The van der Waals surface area contributed by atoms with Crippen LogP contribution in [0.25, 0.3) is 0 Å². The highest BCUT2D eigenvalue weighted by Gasteiger charge is 2.13. The van der Waals surface area contributed by atoms with E-state index in [4.69, 9.17) is 0 Å². The quantitative estimate of drug-likeness (QED) is 0.910. The molecule has 0 saturated heterocycles. The molecular formula is C11H12BrFN4. The van der Waals surface area contributed by atoms with Gasteiger partial charge >= 0.3 is 0 Å². The number of nitrogens with one attached hydrogen (secondary N) is 2. The van der Waals surface area contributed by atoms with Crippen LogP contribution in [0.5, 0.6) is 0 Å². The first-order chi connectivity index (χ1) is 8.19. The molecule has 4 nitrogen and oxygen atoms in total. The lowest BCUT2D eigenvalue weighted by Crippen LogP contribution is -2.19. The van der Waals surface area contributed by atoms with Crippen molar-refractivity contribution in [1.82, 2.24) is 20.7 Å². The van der Waals surface area contributed by atoms with E-state index in [9.17, 15) is 4.39 Å². The van der Waals surface area contributed by atoms with Crippen molar-refractivity contribution in [2.45, 2.75) is 12.5 Å². The molecule has 90 valence electrons. The van der Waals surface area contributed by atoms with Gasteiger partial charge in [-0.25, -0.2) is 4.39 Å². The Morgan fingerprint density at radius 3 is 2.88 bits per heavy atom. The summed E-state index contributed by atoms with van der Waals surface area (Å²) in [6, 6.07) is 4.87. The second kappa shape index (κ2) is 5.37. The van der Waals surface area contributed by atoms with Crippen LogP contribution < -0.4 is 5.32 Å². The van der Waals surface area contributed by atoms with Gasteiger partial charge < -0.3 is 5.32 Å². The fourth-order valence-corrected chi connectivity index (χ4v) is 2.21. The molecule has 6 heteroatoms. The largest absolute Gasteiger partial charge is 0.311 e. The van der Waals surface area contributed by atoms with Crippen LogP contribution in [0.3, 0.4) is 0 Å². The van der Waals surface area contributed by atoms with Crippen molar-refractivity contribution in [2.24, 2.45) is 0 Å². The third kappa shape index (κ3) is 3.10. The van der Waals surface area contributed by atoms with E-state index in [-0.39, 0.29) is 11.9 Å². The maximum atomic E-state index is 13.2. The zero-order chi connectivity index (χ0) is 12.3. The summed E-state index contributed by atoms with van der Waals surface area (Å²) in [5, 5.41) is 13.5. The molecule has 0 spiro atoms. The number of hydrogen-bond donors (Lipinski definition) is 2. The van der Waals surface area contributed by atoms with Crippen LogP contribution in [0, 0.1) is 5.82 Å². The highest BCUT2D eigenvalue weighted by atomic mass is 79.9. The van der Waals surface area contributed by atoms with Crippen LogP contribution in [-0.4, -0.2) is 22.5 Å². The van der Waals surface area contributed by atoms with Crippen LogP contribution in [0.2, 0.25) is 0 Å². The van der Waals surface area contributed by atoms with Crippen LogP contribution in [-0.2, 0) is 6.42 Å². The minimum Gasteiger partial charge on any atom is -0.311 e. The van der Waals surface area contributed by atoms with Crippen LogP contribution in [0.15, 0.2) is 28.9 Å². The molecule has 0 bridgehead atoms. The van der Waals surface area contributed by atoms with Crippen LogP contribution >= 0.6 is 15.9 Å². The topological polar surface area (TPSA) is 53.6 Å². The van der Waals surface area contributed by atoms with Gasteiger partial charge in [0.1, 0.15) is 5.82 Å². The SMILES string of the molecule is CNC(Cc1cc(F)cc(Br)c1)c1cn[nH]n1. The number of benzene rings is 1. The van der Waals surface area contributed by atoms with Gasteiger partial charge in [-0.1, -0.05) is 15.9 Å². The van der Waals surface area contributed by atoms with Gasteiger partial charge in [-0.3, -0.25) is 0 Å². The first kappa shape index (κ1) is 12.2. The van der Waals surface area contributed by atoms with Crippen molar-refractivity contribution in [2.75, 3.05) is 7.05 Å². The number of likely N-dealkylation sites (N-methyl/N-ethyl adjacent to an activating group) is 1. The molecule has 0 amide bonds. The second-order valence-corrected chi connectivity index (χ2v) is 4.63. The first-order valence-electron chi connectivity index (χ1n) is 5.17. The van der Waals surface area contributed by atoms with Crippen molar-refractivity contribution >= 4 is 15.9 Å². The summed E-state index contributed by atoms with van der Waals surface area (Å²) in [6.45, 7) is 0. The minimum absolute atomic E-state index is 0.0162. The van der Waals surface area contributed by atoms with Crippen LogP contribution in [0.4, 0.5) is 4.39 Å². The molecule has 1 heterocycles. The first-order valence-corrected chi connectivity index (χ1v) is 5.96. The number of hydrogen-bond acceptors (Lipinski definition) is 3. The highest BCUT2D eigenvalue weighted by Crippen LogP contribution is 2.20. The maximum Gasteiger partial charge on any atom is 0.124 e. The van der Waals surface area contributed by atoms with Gasteiger partial charge in [0.2, 0.25) is 0 Å². The molecular weight excluding hydrogens is 287 g/mol. The Kier molecular flexibility index (Phi) is 3.86. The van der Waals surface area contributed by atoms with Gasteiger partial charge in [0.25, 0.3) is 0 Å². The monoisotopic (exact) mass is 298 g/mol. The highest BCUT2D eigenvalue weighted by molar-refractivity contribution is 9.10. The van der Waals surface area contributed by atoms with E-state index in [1.54, 1.807) is 6.20 Å². The Morgan fingerprint density at radius 1 is 1.47 bits per heavy atom. The van der Waals surface area contributed by atoms with E-state index < -0.39 is 0 Å². The number of aromatic amines is 1. The number of halogens is 2. The number of H-pyrrole nitrogens is 1. The lowest BCUT2D eigenvalue weighted by molar-refractivity contribution is 0.568. The average molecular weight is 299 g/mol. The smallest absolute Gasteiger partial charge is 0.124 e. The van der Waals surface area contributed by atoms with Gasteiger partial charge in [0.15, 0.2) is 0 Å². The molecule has 1 aromatic heterocycles. The predicted molar refractivity (Wildman–Crippen MR) is 66.0 cm³/mol. The Hall–Kier alpha value is -1.27. The zero-order valence-corrected chi connectivity index (χ0v) is 10.8. The molecule has 2 rings (SSSR count). The van der Waals surface area contributed by atoms with Crippen molar-refractivity contribution < 1.29 is 4.39 Å². The summed E-state index contributed by atoms with van der Waals surface area (Å²) in [6.07, 6.45) is 2.31. The lowest BCUT2D eigenvalue weighted by Gasteiger charge is -2.13. The van der Waals surface area contributed by atoms with E-state index in [2.05, 4.69) is 36.7 Å². The predicted octanol–water partition coefficient (Wildman–Crippen LogP) is 2.21. The third-order valence-electron chi connectivity index (χ3n) is 2.50. The molecule has 0 fully saturated rings. The number of aromatic nitrogens is 3. The second-order valence-electron chi connectivity index (χ2n) is 3.72. The Balaban J connectivity index is 2.18. The van der Waals surface area contributed by atoms with Crippen LogP contribution in [0.1, 0.15) is 17.3 Å². The van der Waals surface area contributed by atoms with Crippen molar-refractivity contribution in [3.63, 3.8) is 0 Å². The summed E-state index contributed by atoms with van der Waals surface area (Å²) in [4.78, 5) is 0. The minimum atomic E-state index is -0.246. The molecule has 0 saturated carbocycles. The molecule has 0 aliphatic rings. The van der Waals surface area contributed by atoms with Gasteiger partial charge in [0, 0.05) is 4.47 Å². The molecule has 2 aromatic rings. The summed E-state index contributed by atoms with van der Waals surface area (Å²) >= 11 is 3.28. The van der Waals surface area contributed by atoms with Gasteiger partial charge in [0.05, 0.1) is 17.9 Å². The van der Waals surface area contributed by atoms with Crippen molar-refractivity contribution in [3.05, 3.63) is 45.9 Å². The normalized spacial score (nSPS) is 12.6. The number of nitrogens with zero attached hydrogens (tertiary/aromatic N) is 2. The average Bonchev–Trinajstić information content (AvgIpc) is 2.77. The fraction of sp³-hybridized carbons (Fsp3) is 0.273. The van der Waals surface area contributed by atoms with E-state index in [1.165, 1.54) is 12.1 Å². The van der Waals surface area contributed by atoms with Gasteiger partial charge in [-0.2, -0.15) is 15.4 Å². The summed E-state index contributed by atoms with van der Waals surface area (Å²) in [7, 11) is 1.84. The van der Waals surface area contributed by atoms with Gasteiger partial charge in [-0.05, 0) is 37.2 Å². The third-order valence-corrected chi connectivity index (χ3v) is 2.96. The molecule has 1 atom stereocenters. The van der Waals surface area contributed by atoms with E-state index >= 15 is 0 Å². The summed E-state index contributed by atoms with van der Waals surface area (Å²) < 4.78 is 14.0. The standard InChI is InChI=1S/C11H12BrFN4/c1-14-10(11-6-15-17-16-11)4-7-2-8(12)5-9(13)3-7/h2-3,5-6,10,14H,4H2,1H3,(H,15,16,17).